The minimum atomic E-state index is -0.560. The van der Waals surface area contributed by atoms with Gasteiger partial charge in [-0.05, 0) is 43.7 Å². The Hall–Kier alpha value is -2.38. The van der Waals surface area contributed by atoms with Crippen molar-refractivity contribution in [3.8, 4) is 5.75 Å². The second kappa shape index (κ2) is 9.21. The van der Waals surface area contributed by atoms with Crippen LogP contribution in [0.2, 0.25) is 0 Å². The number of carbonyl (C=O) groups is 2. The van der Waals surface area contributed by atoms with Gasteiger partial charge in [-0.1, -0.05) is 40.2 Å². The first kappa shape index (κ1) is 20.4. The number of nitrogens with one attached hydrogen (secondary N) is 2. The minimum Gasteiger partial charge on any atom is -0.496 e. The third-order valence-corrected chi connectivity index (χ3v) is 5.29. The molecule has 3 rings (SSSR count). The van der Waals surface area contributed by atoms with Gasteiger partial charge in [0, 0.05) is 15.7 Å². The summed E-state index contributed by atoms with van der Waals surface area (Å²) in [5.41, 5.74) is 2.87. The number of benzene rings is 2. The molecule has 0 bridgehead atoms. The third-order valence-electron chi connectivity index (χ3n) is 4.80. The molecule has 2 aromatic carbocycles. The lowest BCUT2D eigenvalue weighted by Gasteiger charge is -2.27. The van der Waals surface area contributed by atoms with Crippen LogP contribution < -0.4 is 20.3 Å². The molecule has 1 aliphatic heterocycles. The summed E-state index contributed by atoms with van der Waals surface area (Å²) in [5, 5.41) is 5.68. The smallest absolute Gasteiger partial charge is 0.249 e. The first-order chi connectivity index (χ1) is 13.5. The number of para-hydroxylation sites is 1. The number of anilines is 1. The number of amides is 2. The molecule has 28 heavy (non-hydrogen) atoms. The monoisotopic (exact) mass is 445 g/mol. The minimum absolute atomic E-state index is 0.112. The van der Waals surface area contributed by atoms with E-state index in [0.29, 0.717) is 18.7 Å². The molecule has 2 amide bonds. The van der Waals surface area contributed by atoms with Gasteiger partial charge in [0.2, 0.25) is 11.8 Å². The van der Waals surface area contributed by atoms with E-state index in [4.69, 9.17) is 4.74 Å². The van der Waals surface area contributed by atoms with Gasteiger partial charge in [-0.25, -0.2) is 0 Å². The van der Waals surface area contributed by atoms with Crippen LogP contribution in [0.3, 0.4) is 0 Å². The Morgan fingerprint density at radius 2 is 2.07 bits per heavy atom. The molecule has 7 heteroatoms. The summed E-state index contributed by atoms with van der Waals surface area (Å²) in [6, 6.07) is 13.1. The molecule has 0 aromatic heterocycles. The average molecular weight is 446 g/mol. The van der Waals surface area contributed by atoms with Crippen LogP contribution in [0.1, 0.15) is 17.5 Å². The Morgan fingerprint density at radius 3 is 2.82 bits per heavy atom. The van der Waals surface area contributed by atoms with Crippen molar-refractivity contribution in [1.82, 2.24) is 10.6 Å². The molecular formula is C21H24BrN3O3. The van der Waals surface area contributed by atoms with Gasteiger partial charge in [0.05, 0.1) is 20.2 Å². The number of likely N-dealkylation sites (N-methyl/N-ethyl adjacent to an activating group) is 1. The predicted molar refractivity (Wildman–Crippen MR) is 113 cm³/mol. The maximum Gasteiger partial charge on any atom is 0.249 e. The van der Waals surface area contributed by atoms with Gasteiger partial charge in [0.1, 0.15) is 11.8 Å². The van der Waals surface area contributed by atoms with Crippen molar-refractivity contribution in [2.75, 3.05) is 25.6 Å². The van der Waals surface area contributed by atoms with Crippen molar-refractivity contribution in [2.24, 2.45) is 0 Å². The van der Waals surface area contributed by atoms with Gasteiger partial charge >= 0.3 is 0 Å². The molecule has 1 aliphatic rings. The lowest BCUT2D eigenvalue weighted by Crippen LogP contribution is -2.49. The Balaban J connectivity index is 1.95. The number of methoxy groups -OCH3 is 1. The number of nitrogens with zero attached hydrogens (tertiary/aromatic N) is 1. The molecule has 1 atom stereocenters. The standard InChI is InChI=1S/C21H24BrN3O3/c1-23-12-20(26)24-17-10-8-14-5-3-4-6-18(14)25(21(17)27)13-15-7-9-16(22)11-19(15)28-2/h3-7,9,11,17,23H,8,10,12-13H2,1-2H3,(H,24,26). The number of rotatable bonds is 6. The van der Waals surface area contributed by atoms with Crippen LogP contribution in [0.15, 0.2) is 46.9 Å². The van der Waals surface area contributed by atoms with E-state index in [0.717, 1.165) is 27.7 Å². The van der Waals surface area contributed by atoms with Crippen molar-refractivity contribution in [3.63, 3.8) is 0 Å². The van der Waals surface area contributed by atoms with E-state index in [1.54, 1.807) is 19.1 Å². The number of hydrogen-bond donors (Lipinski definition) is 2. The average Bonchev–Trinajstić information content (AvgIpc) is 2.81. The van der Waals surface area contributed by atoms with E-state index in [2.05, 4.69) is 26.6 Å². The molecular weight excluding hydrogens is 422 g/mol. The normalized spacial score (nSPS) is 16.3. The Kier molecular flexibility index (Phi) is 6.70. The van der Waals surface area contributed by atoms with E-state index >= 15 is 0 Å². The number of aryl methyl sites for hydroxylation is 1. The number of ether oxygens (including phenoxy) is 1. The molecule has 0 spiro atoms. The highest BCUT2D eigenvalue weighted by Crippen LogP contribution is 2.31. The summed E-state index contributed by atoms with van der Waals surface area (Å²) in [5.74, 6) is 0.409. The molecule has 1 unspecified atom stereocenters. The quantitative estimate of drug-likeness (QED) is 0.716. The molecule has 6 nitrogen and oxygen atoms in total. The maximum absolute atomic E-state index is 13.4. The van der Waals surface area contributed by atoms with Crippen molar-refractivity contribution >= 4 is 33.4 Å². The van der Waals surface area contributed by atoms with E-state index in [1.807, 2.05) is 42.5 Å². The SMILES string of the molecule is CNCC(=O)NC1CCc2ccccc2N(Cc2ccc(Br)cc2OC)C1=O. The zero-order chi connectivity index (χ0) is 20.1. The summed E-state index contributed by atoms with van der Waals surface area (Å²) < 4.78 is 6.41. The topological polar surface area (TPSA) is 70.7 Å². The fourth-order valence-electron chi connectivity index (χ4n) is 3.44. The van der Waals surface area contributed by atoms with E-state index < -0.39 is 6.04 Å². The molecule has 0 saturated carbocycles. The largest absolute Gasteiger partial charge is 0.496 e. The molecule has 0 aliphatic carbocycles. The second-order valence-corrected chi connectivity index (χ2v) is 7.61. The summed E-state index contributed by atoms with van der Waals surface area (Å²) in [6.07, 6.45) is 1.29. The van der Waals surface area contributed by atoms with Gasteiger partial charge in [0.15, 0.2) is 0 Å². The molecule has 2 aromatic rings. The van der Waals surface area contributed by atoms with Crippen LogP contribution in [0.25, 0.3) is 0 Å². The number of hydrogen-bond acceptors (Lipinski definition) is 4. The fourth-order valence-corrected chi connectivity index (χ4v) is 3.78. The summed E-state index contributed by atoms with van der Waals surface area (Å²) in [6.45, 7) is 0.544. The van der Waals surface area contributed by atoms with E-state index in [9.17, 15) is 9.59 Å². The van der Waals surface area contributed by atoms with Crippen molar-refractivity contribution in [3.05, 3.63) is 58.1 Å². The highest BCUT2D eigenvalue weighted by molar-refractivity contribution is 9.10. The van der Waals surface area contributed by atoms with Crippen LogP contribution in [0.5, 0.6) is 5.75 Å². The van der Waals surface area contributed by atoms with Gasteiger partial charge in [-0.2, -0.15) is 0 Å². The molecule has 148 valence electrons. The Morgan fingerprint density at radius 1 is 1.29 bits per heavy atom. The van der Waals surface area contributed by atoms with E-state index in [-0.39, 0.29) is 18.4 Å². The number of halogens is 1. The van der Waals surface area contributed by atoms with Crippen molar-refractivity contribution in [1.29, 1.82) is 0 Å². The molecule has 0 saturated heterocycles. The van der Waals surface area contributed by atoms with Gasteiger partial charge in [0.25, 0.3) is 0 Å². The lowest BCUT2D eigenvalue weighted by molar-refractivity contribution is -0.127. The first-order valence-electron chi connectivity index (χ1n) is 9.19. The summed E-state index contributed by atoms with van der Waals surface area (Å²) in [4.78, 5) is 27.2. The summed E-state index contributed by atoms with van der Waals surface area (Å²) >= 11 is 3.45. The zero-order valence-corrected chi connectivity index (χ0v) is 17.6. The number of carbonyl (C=O) groups excluding carboxylic acids is 2. The van der Waals surface area contributed by atoms with Gasteiger partial charge in [-0.15, -0.1) is 0 Å². The lowest BCUT2D eigenvalue weighted by atomic mass is 10.1. The van der Waals surface area contributed by atoms with Gasteiger partial charge < -0.3 is 20.3 Å². The van der Waals surface area contributed by atoms with Gasteiger partial charge in [-0.3, -0.25) is 9.59 Å². The molecule has 2 N–H and O–H groups in total. The predicted octanol–water partition coefficient (Wildman–Crippen LogP) is 2.64. The van der Waals surface area contributed by atoms with Crippen LogP contribution in [0, 0.1) is 0 Å². The van der Waals surface area contributed by atoms with Crippen LogP contribution in [-0.4, -0.2) is 38.6 Å². The van der Waals surface area contributed by atoms with Crippen LogP contribution >= 0.6 is 15.9 Å². The summed E-state index contributed by atoms with van der Waals surface area (Å²) in [7, 11) is 3.32. The van der Waals surface area contributed by atoms with Crippen LogP contribution in [0.4, 0.5) is 5.69 Å². The highest BCUT2D eigenvalue weighted by atomic mass is 79.9. The van der Waals surface area contributed by atoms with Crippen LogP contribution in [-0.2, 0) is 22.6 Å². The molecule has 0 fully saturated rings. The third kappa shape index (κ3) is 4.54. The Bertz CT molecular complexity index is 872. The zero-order valence-electron chi connectivity index (χ0n) is 16.0. The highest BCUT2D eigenvalue weighted by Gasteiger charge is 2.31. The molecule has 1 heterocycles. The Labute approximate surface area is 173 Å². The van der Waals surface area contributed by atoms with Crippen molar-refractivity contribution in [2.45, 2.75) is 25.4 Å². The van der Waals surface area contributed by atoms with Crippen molar-refractivity contribution < 1.29 is 14.3 Å². The second-order valence-electron chi connectivity index (χ2n) is 6.70. The molecule has 0 radical (unpaired) electrons. The maximum atomic E-state index is 13.4. The fraction of sp³-hybridized carbons (Fsp3) is 0.333. The first-order valence-corrected chi connectivity index (χ1v) is 9.98. The number of fused-ring (bicyclic) bond motifs is 1. The van der Waals surface area contributed by atoms with E-state index in [1.165, 1.54) is 0 Å².